The van der Waals surface area contributed by atoms with Crippen molar-refractivity contribution < 1.29 is 9.59 Å². The minimum atomic E-state index is 0.0519. The summed E-state index contributed by atoms with van der Waals surface area (Å²) in [5.74, 6) is 0.569. The Morgan fingerprint density at radius 2 is 1.82 bits per heavy atom. The van der Waals surface area contributed by atoms with E-state index in [2.05, 4.69) is 11.6 Å². The zero-order chi connectivity index (χ0) is 16.1. The number of amides is 2. The van der Waals surface area contributed by atoms with Crippen molar-refractivity contribution >= 4 is 23.6 Å². The maximum absolute atomic E-state index is 12.5. The van der Waals surface area contributed by atoms with Crippen molar-refractivity contribution in [2.75, 3.05) is 19.3 Å². The van der Waals surface area contributed by atoms with E-state index in [-0.39, 0.29) is 23.7 Å². The molecule has 22 heavy (non-hydrogen) atoms. The SMILES string of the molecule is CS[C@H]1CCC[C@@H](NC(=O)C2CCN(C(=O)C(C)C)CC2)C1. The molecular weight excluding hydrogens is 296 g/mol. The van der Waals surface area contributed by atoms with Gasteiger partial charge in [-0.05, 0) is 38.4 Å². The Balaban J connectivity index is 1.76. The molecule has 5 heteroatoms. The number of hydrogen-bond acceptors (Lipinski definition) is 3. The lowest BCUT2D eigenvalue weighted by Crippen LogP contribution is -2.47. The second kappa shape index (κ2) is 8.23. The lowest BCUT2D eigenvalue weighted by atomic mass is 9.92. The van der Waals surface area contributed by atoms with Crippen LogP contribution in [0.5, 0.6) is 0 Å². The second-order valence-corrected chi connectivity index (χ2v) is 8.12. The number of rotatable bonds is 4. The summed E-state index contributed by atoms with van der Waals surface area (Å²) >= 11 is 1.92. The first-order valence-electron chi connectivity index (χ1n) is 8.63. The van der Waals surface area contributed by atoms with Crippen LogP contribution in [0.2, 0.25) is 0 Å². The number of piperidine rings is 1. The molecule has 1 saturated heterocycles. The Morgan fingerprint density at radius 3 is 2.41 bits per heavy atom. The number of nitrogens with one attached hydrogen (secondary N) is 1. The molecule has 1 N–H and O–H groups in total. The molecule has 126 valence electrons. The summed E-state index contributed by atoms with van der Waals surface area (Å²) < 4.78 is 0. The van der Waals surface area contributed by atoms with Gasteiger partial charge in [-0.15, -0.1) is 0 Å². The van der Waals surface area contributed by atoms with Crippen LogP contribution in [0.25, 0.3) is 0 Å². The molecule has 0 spiro atoms. The quantitative estimate of drug-likeness (QED) is 0.864. The molecular formula is C17H30N2O2S. The number of likely N-dealkylation sites (tertiary alicyclic amines) is 1. The molecule has 0 radical (unpaired) electrons. The van der Waals surface area contributed by atoms with Gasteiger partial charge in [0.25, 0.3) is 0 Å². The van der Waals surface area contributed by atoms with Gasteiger partial charge in [-0.1, -0.05) is 20.3 Å². The van der Waals surface area contributed by atoms with Crippen molar-refractivity contribution in [2.45, 2.75) is 63.7 Å². The first-order chi connectivity index (χ1) is 10.5. The van der Waals surface area contributed by atoms with Gasteiger partial charge in [0.2, 0.25) is 11.8 Å². The molecule has 0 aromatic carbocycles. The average Bonchev–Trinajstić information content (AvgIpc) is 2.54. The number of carbonyl (C=O) groups excluding carboxylic acids is 2. The summed E-state index contributed by atoms with van der Waals surface area (Å²) in [5, 5.41) is 3.96. The highest BCUT2D eigenvalue weighted by Crippen LogP contribution is 2.27. The van der Waals surface area contributed by atoms with Crippen molar-refractivity contribution in [1.82, 2.24) is 10.2 Å². The minimum absolute atomic E-state index is 0.0519. The van der Waals surface area contributed by atoms with Gasteiger partial charge < -0.3 is 10.2 Å². The van der Waals surface area contributed by atoms with Crippen molar-refractivity contribution in [3.05, 3.63) is 0 Å². The van der Waals surface area contributed by atoms with Gasteiger partial charge in [-0.2, -0.15) is 11.8 Å². The highest BCUT2D eigenvalue weighted by molar-refractivity contribution is 7.99. The molecule has 1 aliphatic carbocycles. The summed E-state index contributed by atoms with van der Waals surface area (Å²) in [4.78, 5) is 26.3. The van der Waals surface area contributed by atoms with Crippen molar-refractivity contribution in [2.24, 2.45) is 11.8 Å². The predicted octanol–water partition coefficient (Wildman–Crippen LogP) is 2.67. The molecule has 2 atom stereocenters. The van der Waals surface area contributed by atoms with Crippen LogP contribution >= 0.6 is 11.8 Å². The highest BCUT2D eigenvalue weighted by Gasteiger charge is 2.30. The molecule has 1 aliphatic heterocycles. The molecule has 2 fully saturated rings. The van der Waals surface area contributed by atoms with E-state index in [9.17, 15) is 9.59 Å². The van der Waals surface area contributed by atoms with Crippen LogP contribution in [-0.2, 0) is 9.59 Å². The summed E-state index contributed by atoms with van der Waals surface area (Å²) in [6, 6.07) is 0.356. The van der Waals surface area contributed by atoms with Crippen molar-refractivity contribution in [1.29, 1.82) is 0 Å². The van der Waals surface area contributed by atoms with Crippen LogP contribution in [0.1, 0.15) is 52.4 Å². The Morgan fingerprint density at radius 1 is 1.14 bits per heavy atom. The number of nitrogens with zero attached hydrogens (tertiary/aromatic N) is 1. The summed E-state index contributed by atoms with van der Waals surface area (Å²) in [6.07, 6.45) is 8.51. The van der Waals surface area contributed by atoms with E-state index in [1.54, 1.807) is 0 Å². The fourth-order valence-electron chi connectivity index (χ4n) is 3.54. The topological polar surface area (TPSA) is 49.4 Å². The highest BCUT2D eigenvalue weighted by atomic mass is 32.2. The third kappa shape index (κ3) is 4.64. The first-order valence-corrected chi connectivity index (χ1v) is 9.92. The van der Waals surface area contributed by atoms with E-state index in [0.29, 0.717) is 11.3 Å². The molecule has 0 bridgehead atoms. The Hall–Kier alpha value is -0.710. The van der Waals surface area contributed by atoms with Gasteiger partial charge in [-0.25, -0.2) is 0 Å². The third-order valence-corrected chi connectivity index (χ3v) is 6.07. The molecule has 2 aliphatic rings. The largest absolute Gasteiger partial charge is 0.353 e. The molecule has 1 saturated carbocycles. The van der Waals surface area contributed by atoms with Crippen molar-refractivity contribution in [3.63, 3.8) is 0 Å². The molecule has 0 aromatic rings. The van der Waals surface area contributed by atoms with Gasteiger partial charge in [0, 0.05) is 36.2 Å². The zero-order valence-corrected chi connectivity index (χ0v) is 15.0. The lowest BCUT2D eigenvalue weighted by Gasteiger charge is -2.34. The van der Waals surface area contributed by atoms with Gasteiger partial charge >= 0.3 is 0 Å². The minimum Gasteiger partial charge on any atom is -0.353 e. The lowest BCUT2D eigenvalue weighted by molar-refractivity contribution is -0.138. The van der Waals surface area contributed by atoms with E-state index in [4.69, 9.17) is 0 Å². The zero-order valence-electron chi connectivity index (χ0n) is 14.1. The van der Waals surface area contributed by atoms with E-state index in [0.717, 1.165) is 38.8 Å². The van der Waals surface area contributed by atoms with E-state index < -0.39 is 0 Å². The van der Waals surface area contributed by atoms with E-state index in [1.807, 2.05) is 30.5 Å². The third-order valence-electron chi connectivity index (χ3n) is 4.98. The van der Waals surface area contributed by atoms with Crippen LogP contribution in [0.15, 0.2) is 0 Å². The standard InChI is InChI=1S/C17H30N2O2S/c1-12(2)17(21)19-9-7-13(8-10-19)16(20)18-14-5-4-6-15(11-14)22-3/h12-15H,4-11H2,1-3H3,(H,18,20)/t14-,15+/m1/s1. The number of hydrogen-bond donors (Lipinski definition) is 1. The van der Waals surface area contributed by atoms with Gasteiger partial charge in [0.1, 0.15) is 0 Å². The normalized spacial score (nSPS) is 27.0. The maximum atomic E-state index is 12.5. The molecule has 4 nitrogen and oxygen atoms in total. The smallest absolute Gasteiger partial charge is 0.225 e. The number of thioether (sulfide) groups is 1. The van der Waals surface area contributed by atoms with Crippen LogP contribution in [0.4, 0.5) is 0 Å². The summed E-state index contributed by atoms with van der Waals surface area (Å²) in [6.45, 7) is 5.33. The molecule has 2 rings (SSSR count). The first kappa shape index (κ1) is 17.6. The van der Waals surface area contributed by atoms with Crippen LogP contribution in [0, 0.1) is 11.8 Å². The number of carbonyl (C=O) groups is 2. The monoisotopic (exact) mass is 326 g/mol. The van der Waals surface area contributed by atoms with E-state index in [1.165, 1.54) is 12.8 Å². The Bertz CT molecular complexity index is 392. The predicted molar refractivity (Wildman–Crippen MR) is 91.8 cm³/mol. The summed E-state index contributed by atoms with van der Waals surface area (Å²) in [7, 11) is 0. The summed E-state index contributed by atoms with van der Waals surface area (Å²) in [5.41, 5.74) is 0. The fourth-order valence-corrected chi connectivity index (χ4v) is 4.36. The van der Waals surface area contributed by atoms with Gasteiger partial charge in [-0.3, -0.25) is 9.59 Å². The Kier molecular flexibility index (Phi) is 6.60. The molecule has 2 amide bonds. The van der Waals surface area contributed by atoms with E-state index >= 15 is 0 Å². The van der Waals surface area contributed by atoms with Crippen LogP contribution in [-0.4, -0.2) is 47.4 Å². The second-order valence-electron chi connectivity index (χ2n) is 6.98. The molecule has 0 aromatic heterocycles. The average molecular weight is 327 g/mol. The fraction of sp³-hybridized carbons (Fsp3) is 0.882. The maximum Gasteiger partial charge on any atom is 0.225 e. The molecule has 0 unspecified atom stereocenters. The Labute approximate surface area is 138 Å². The van der Waals surface area contributed by atoms with Crippen LogP contribution < -0.4 is 5.32 Å². The molecule has 1 heterocycles. The van der Waals surface area contributed by atoms with Gasteiger partial charge in [0.15, 0.2) is 0 Å². The van der Waals surface area contributed by atoms with Crippen molar-refractivity contribution in [3.8, 4) is 0 Å². The van der Waals surface area contributed by atoms with Gasteiger partial charge in [0.05, 0.1) is 0 Å². The van der Waals surface area contributed by atoms with Crippen LogP contribution in [0.3, 0.4) is 0 Å².